The molecular formula is C24H27N3O5S. The molecule has 0 unspecified atom stereocenters. The molecule has 0 aromatic heterocycles. The summed E-state index contributed by atoms with van der Waals surface area (Å²) in [6, 6.07) is 12.0. The molecule has 4 rings (SSSR count). The minimum atomic E-state index is -3.54. The number of nitrogens with zero attached hydrogens (tertiary/aromatic N) is 2. The molecule has 33 heavy (non-hydrogen) atoms. The maximum atomic E-state index is 12.7. The Hall–Kier alpha value is -3.01. The van der Waals surface area contributed by atoms with Crippen molar-refractivity contribution >= 4 is 39.3 Å². The van der Waals surface area contributed by atoms with Crippen LogP contribution in [0.5, 0.6) is 0 Å². The highest BCUT2D eigenvalue weighted by atomic mass is 32.2. The highest BCUT2D eigenvalue weighted by Crippen LogP contribution is 2.29. The van der Waals surface area contributed by atoms with Gasteiger partial charge in [-0.25, -0.2) is 8.42 Å². The van der Waals surface area contributed by atoms with E-state index < -0.39 is 10.0 Å². The molecule has 1 N–H and O–H groups in total. The number of benzene rings is 2. The van der Waals surface area contributed by atoms with E-state index in [2.05, 4.69) is 5.32 Å². The standard InChI is InChI=1S/C24H27N3O5S/c1-18(28)27-12-2-3-20-17-21(7-10-23(20)27)25-24(29)11-6-19-4-8-22(9-5-19)33(30,31)26-13-15-32-16-14-26/h4-11,17H,2-3,12-16H2,1H3,(H,25,29)/b11-6+. The lowest BCUT2D eigenvalue weighted by Gasteiger charge is -2.28. The fraction of sp³-hybridized carbons (Fsp3) is 0.333. The van der Waals surface area contributed by atoms with Crippen LogP contribution in [0.1, 0.15) is 24.5 Å². The smallest absolute Gasteiger partial charge is 0.248 e. The van der Waals surface area contributed by atoms with Gasteiger partial charge in [0.1, 0.15) is 0 Å². The number of sulfonamides is 1. The number of hydrogen-bond donors (Lipinski definition) is 1. The van der Waals surface area contributed by atoms with Gasteiger partial charge in [-0.05, 0) is 60.4 Å². The molecule has 0 saturated carbocycles. The second-order valence-corrected chi connectivity index (χ2v) is 9.96. The van der Waals surface area contributed by atoms with Crippen molar-refractivity contribution < 1.29 is 22.7 Å². The fourth-order valence-corrected chi connectivity index (χ4v) is 5.45. The Morgan fingerprint density at radius 1 is 1.03 bits per heavy atom. The SMILES string of the molecule is CC(=O)N1CCCc2cc(NC(=O)/C=C/c3ccc(S(=O)(=O)N4CCOCC4)cc3)ccc21. The molecule has 0 atom stereocenters. The van der Waals surface area contributed by atoms with Crippen LogP contribution >= 0.6 is 0 Å². The lowest BCUT2D eigenvalue weighted by Crippen LogP contribution is -2.40. The molecule has 8 nitrogen and oxygen atoms in total. The molecule has 0 aliphatic carbocycles. The van der Waals surface area contributed by atoms with E-state index in [9.17, 15) is 18.0 Å². The molecule has 2 aliphatic heterocycles. The average molecular weight is 470 g/mol. The lowest BCUT2D eigenvalue weighted by atomic mass is 10.0. The zero-order valence-electron chi connectivity index (χ0n) is 18.5. The van der Waals surface area contributed by atoms with Crippen molar-refractivity contribution in [3.8, 4) is 0 Å². The Labute approximate surface area is 193 Å². The molecule has 174 valence electrons. The zero-order chi connectivity index (χ0) is 23.4. The molecule has 2 amide bonds. The Kier molecular flexibility index (Phi) is 6.92. The minimum Gasteiger partial charge on any atom is -0.379 e. The first-order valence-electron chi connectivity index (χ1n) is 10.9. The number of carbonyl (C=O) groups is 2. The van der Waals surface area contributed by atoms with Gasteiger partial charge in [0.25, 0.3) is 0 Å². The van der Waals surface area contributed by atoms with E-state index in [-0.39, 0.29) is 16.7 Å². The Balaban J connectivity index is 1.39. The molecule has 2 heterocycles. The molecule has 0 spiro atoms. The van der Waals surface area contributed by atoms with Crippen LogP contribution in [0.15, 0.2) is 53.4 Å². The normalized spacial score (nSPS) is 17.1. The third-order valence-corrected chi connectivity index (χ3v) is 7.67. The van der Waals surface area contributed by atoms with Gasteiger partial charge in [0.2, 0.25) is 21.8 Å². The predicted molar refractivity (Wildman–Crippen MR) is 126 cm³/mol. The van der Waals surface area contributed by atoms with Gasteiger partial charge in [-0.1, -0.05) is 12.1 Å². The number of ether oxygens (including phenoxy) is 1. The third-order valence-electron chi connectivity index (χ3n) is 5.76. The van der Waals surface area contributed by atoms with E-state index >= 15 is 0 Å². The first-order chi connectivity index (χ1) is 15.8. The molecule has 2 aromatic carbocycles. The Morgan fingerprint density at radius 3 is 2.45 bits per heavy atom. The molecule has 1 saturated heterocycles. The second-order valence-electron chi connectivity index (χ2n) is 8.03. The summed E-state index contributed by atoms with van der Waals surface area (Å²) >= 11 is 0. The topological polar surface area (TPSA) is 96.0 Å². The number of fused-ring (bicyclic) bond motifs is 1. The van der Waals surface area contributed by atoms with Crippen LogP contribution in [-0.2, 0) is 30.8 Å². The highest BCUT2D eigenvalue weighted by molar-refractivity contribution is 7.89. The van der Waals surface area contributed by atoms with E-state index in [1.807, 2.05) is 12.1 Å². The minimum absolute atomic E-state index is 0.0134. The summed E-state index contributed by atoms with van der Waals surface area (Å²) < 4.78 is 32.0. The number of rotatable bonds is 5. The van der Waals surface area contributed by atoms with Gasteiger partial charge in [-0.3, -0.25) is 9.59 Å². The van der Waals surface area contributed by atoms with Crippen LogP contribution in [0.2, 0.25) is 0 Å². The summed E-state index contributed by atoms with van der Waals surface area (Å²) in [5, 5.41) is 2.84. The highest BCUT2D eigenvalue weighted by Gasteiger charge is 2.26. The maximum Gasteiger partial charge on any atom is 0.248 e. The van der Waals surface area contributed by atoms with Crippen molar-refractivity contribution in [2.75, 3.05) is 43.1 Å². The van der Waals surface area contributed by atoms with Crippen molar-refractivity contribution in [1.82, 2.24) is 4.31 Å². The van der Waals surface area contributed by atoms with Crippen LogP contribution in [0.25, 0.3) is 6.08 Å². The van der Waals surface area contributed by atoms with E-state index in [4.69, 9.17) is 4.74 Å². The summed E-state index contributed by atoms with van der Waals surface area (Å²) in [5.41, 5.74) is 3.32. The van der Waals surface area contributed by atoms with E-state index in [0.29, 0.717) is 44.1 Å². The van der Waals surface area contributed by atoms with Crippen LogP contribution in [-0.4, -0.2) is 57.4 Å². The number of aryl methyl sites for hydroxylation is 1. The molecule has 9 heteroatoms. The van der Waals surface area contributed by atoms with Crippen LogP contribution < -0.4 is 10.2 Å². The summed E-state index contributed by atoms with van der Waals surface area (Å²) in [7, 11) is -3.54. The van der Waals surface area contributed by atoms with Gasteiger partial charge in [0, 0.05) is 44.0 Å². The van der Waals surface area contributed by atoms with Crippen molar-refractivity contribution in [3.63, 3.8) is 0 Å². The van der Waals surface area contributed by atoms with Gasteiger partial charge in [-0.2, -0.15) is 4.31 Å². The summed E-state index contributed by atoms with van der Waals surface area (Å²) in [4.78, 5) is 26.2. The number of nitrogens with one attached hydrogen (secondary N) is 1. The van der Waals surface area contributed by atoms with Gasteiger partial charge >= 0.3 is 0 Å². The predicted octanol–water partition coefficient (Wildman–Crippen LogP) is 2.66. The Morgan fingerprint density at radius 2 is 1.76 bits per heavy atom. The van der Waals surface area contributed by atoms with Gasteiger partial charge in [0.05, 0.1) is 18.1 Å². The van der Waals surface area contributed by atoms with Gasteiger partial charge in [-0.15, -0.1) is 0 Å². The summed E-state index contributed by atoms with van der Waals surface area (Å²) in [6.07, 6.45) is 4.79. The quantitative estimate of drug-likeness (QED) is 0.680. The molecule has 1 fully saturated rings. The van der Waals surface area contributed by atoms with Crippen molar-refractivity contribution in [2.24, 2.45) is 0 Å². The summed E-state index contributed by atoms with van der Waals surface area (Å²) in [5.74, 6) is -0.279. The Bertz CT molecular complexity index is 1170. The third kappa shape index (κ3) is 5.32. The second kappa shape index (κ2) is 9.86. The largest absolute Gasteiger partial charge is 0.379 e. The molecule has 2 aromatic rings. The van der Waals surface area contributed by atoms with E-state index in [1.54, 1.807) is 48.2 Å². The van der Waals surface area contributed by atoms with Crippen LogP contribution in [0, 0.1) is 0 Å². The van der Waals surface area contributed by atoms with Gasteiger partial charge < -0.3 is 15.0 Å². The lowest BCUT2D eigenvalue weighted by molar-refractivity contribution is -0.116. The first-order valence-corrected chi connectivity index (χ1v) is 12.4. The fourth-order valence-electron chi connectivity index (χ4n) is 4.04. The molecule has 0 bridgehead atoms. The molecule has 0 radical (unpaired) electrons. The summed E-state index contributed by atoms with van der Waals surface area (Å²) in [6.45, 7) is 3.76. The van der Waals surface area contributed by atoms with Crippen molar-refractivity contribution in [3.05, 3.63) is 59.7 Å². The van der Waals surface area contributed by atoms with Crippen molar-refractivity contribution in [2.45, 2.75) is 24.7 Å². The number of carbonyl (C=O) groups excluding carboxylic acids is 2. The first kappa shape index (κ1) is 23.2. The zero-order valence-corrected chi connectivity index (χ0v) is 19.3. The monoisotopic (exact) mass is 469 g/mol. The molecule has 2 aliphatic rings. The average Bonchev–Trinajstić information content (AvgIpc) is 2.83. The number of amides is 2. The maximum absolute atomic E-state index is 12.7. The van der Waals surface area contributed by atoms with Crippen LogP contribution in [0.4, 0.5) is 11.4 Å². The number of hydrogen-bond acceptors (Lipinski definition) is 5. The van der Waals surface area contributed by atoms with Gasteiger partial charge in [0.15, 0.2) is 0 Å². The number of morpholine rings is 1. The van der Waals surface area contributed by atoms with Crippen molar-refractivity contribution in [1.29, 1.82) is 0 Å². The van der Waals surface area contributed by atoms with E-state index in [1.165, 1.54) is 10.4 Å². The molecular weight excluding hydrogens is 442 g/mol. The number of anilines is 2. The van der Waals surface area contributed by atoms with Crippen LogP contribution in [0.3, 0.4) is 0 Å². The van der Waals surface area contributed by atoms with E-state index in [0.717, 1.165) is 24.1 Å².